The number of methoxy groups -OCH3 is 1. The SMILES string of the molecule is COc1cc([C@H]2C(C(=O)OCc3ccccc3)=C(C)N=C3S[C@@H](C)C(=O)N32)ccc1OC(C)=O. The van der Waals surface area contributed by atoms with Crippen molar-refractivity contribution in [3.8, 4) is 11.5 Å². The molecule has 1 fully saturated rings. The zero-order valence-electron chi connectivity index (χ0n) is 19.2. The quantitative estimate of drug-likeness (QED) is 0.455. The molecule has 2 aromatic rings. The Kier molecular flexibility index (Phi) is 6.74. The van der Waals surface area contributed by atoms with Crippen molar-refractivity contribution in [3.05, 3.63) is 70.9 Å². The van der Waals surface area contributed by atoms with E-state index in [-0.39, 0.29) is 29.1 Å². The second-order valence-electron chi connectivity index (χ2n) is 7.83. The van der Waals surface area contributed by atoms with Gasteiger partial charge in [0.2, 0.25) is 5.91 Å². The minimum atomic E-state index is -0.763. The highest BCUT2D eigenvalue weighted by Crippen LogP contribution is 2.44. The number of benzene rings is 2. The second-order valence-corrected chi connectivity index (χ2v) is 9.14. The molecule has 8 nitrogen and oxygen atoms in total. The van der Waals surface area contributed by atoms with E-state index in [9.17, 15) is 14.4 Å². The topological polar surface area (TPSA) is 94.5 Å². The van der Waals surface area contributed by atoms with E-state index >= 15 is 0 Å². The molecule has 176 valence electrons. The van der Waals surface area contributed by atoms with E-state index in [1.165, 1.54) is 30.7 Å². The summed E-state index contributed by atoms with van der Waals surface area (Å²) in [6.07, 6.45) is 0. The highest BCUT2D eigenvalue weighted by molar-refractivity contribution is 8.15. The average Bonchev–Trinajstić information content (AvgIpc) is 3.10. The summed E-state index contributed by atoms with van der Waals surface area (Å²) in [5, 5.41) is 0.193. The molecule has 34 heavy (non-hydrogen) atoms. The molecule has 0 aromatic heterocycles. The summed E-state index contributed by atoms with van der Waals surface area (Å²) in [7, 11) is 1.45. The number of esters is 2. The molecule has 9 heteroatoms. The molecule has 0 bridgehead atoms. The number of nitrogens with zero attached hydrogens (tertiary/aromatic N) is 2. The van der Waals surface area contributed by atoms with E-state index in [2.05, 4.69) is 4.99 Å². The minimum absolute atomic E-state index is 0.0908. The van der Waals surface area contributed by atoms with Crippen LogP contribution in [0.5, 0.6) is 11.5 Å². The van der Waals surface area contributed by atoms with Crippen LogP contribution in [0.3, 0.4) is 0 Å². The number of carbonyl (C=O) groups excluding carboxylic acids is 3. The Labute approximate surface area is 201 Å². The van der Waals surface area contributed by atoms with Gasteiger partial charge in [-0.15, -0.1) is 0 Å². The van der Waals surface area contributed by atoms with Crippen LogP contribution in [0.15, 0.2) is 64.8 Å². The number of allylic oxidation sites excluding steroid dienone is 1. The standard InChI is InChI=1S/C25H24N2O6S/c1-14-21(24(30)32-13-17-8-6-5-7-9-17)22(27-23(29)15(2)34-25(27)26-14)18-10-11-19(33-16(3)28)20(12-18)31-4/h5-12,15,22H,13H2,1-4H3/t15-,22-/m0/s1. The van der Waals surface area contributed by atoms with Crippen LogP contribution in [-0.4, -0.2) is 40.3 Å². The molecule has 2 aliphatic rings. The molecular formula is C25H24N2O6S. The first-order valence-electron chi connectivity index (χ1n) is 10.7. The molecular weight excluding hydrogens is 456 g/mol. The van der Waals surface area contributed by atoms with Crippen molar-refractivity contribution in [2.75, 3.05) is 7.11 Å². The fraction of sp³-hybridized carbons (Fsp3) is 0.280. The molecule has 1 amide bonds. The van der Waals surface area contributed by atoms with Crippen LogP contribution >= 0.6 is 11.8 Å². The van der Waals surface area contributed by atoms with Crippen LogP contribution in [0.1, 0.15) is 37.9 Å². The van der Waals surface area contributed by atoms with Gasteiger partial charge in [-0.25, -0.2) is 9.79 Å². The van der Waals surface area contributed by atoms with Gasteiger partial charge >= 0.3 is 11.9 Å². The fourth-order valence-corrected chi connectivity index (χ4v) is 4.90. The zero-order chi connectivity index (χ0) is 24.4. The van der Waals surface area contributed by atoms with Gasteiger partial charge in [0.05, 0.1) is 29.7 Å². The van der Waals surface area contributed by atoms with Crippen LogP contribution < -0.4 is 9.47 Å². The maximum absolute atomic E-state index is 13.3. The molecule has 0 saturated carbocycles. The van der Waals surface area contributed by atoms with E-state index in [0.717, 1.165) is 5.56 Å². The van der Waals surface area contributed by atoms with E-state index in [0.29, 0.717) is 22.2 Å². The molecule has 0 radical (unpaired) electrons. The van der Waals surface area contributed by atoms with Crippen LogP contribution in [-0.2, 0) is 25.7 Å². The molecule has 0 N–H and O–H groups in total. The minimum Gasteiger partial charge on any atom is -0.493 e. The van der Waals surface area contributed by atoms with Gasteiger partial charge in [-0.2, -0.15) is 0 Å². The molecule has 0 unspecified atom stereocenters. The maximum Gasteiger partial charge on any atom is 0.338 e. The van der Waals surface area contributed by atoms with Crippen molar-refractivity contribution in [2.45, 2.75) is 38.7 Å². The predicted octanol–water partition coefficient (Wildman–Crippen LogP) is 4.01. The van der Waals surface area contributed by atoms with E-state index in [4.69, 9.17) is 14.2 Å². The largest absolute Gasteiger partial charge is 0.493 e. The van der Waals surface area contributed by atoms with Crippen molar-refractivity contribution >= 4 is 34.8 Å². The normalized spacial score (nSPS) is 19.5. The molecule has 2 aromatic carbocycles. The number of rotatable bonds is 6. The summed E-state index contributed by atoms with van der Waals surface area (Å²) in [5.74, 6) is -0.655. The van der Waals surface area contributed by atoms with E-state index in [1.807, 2.05) is 30.3 Å². The van der Waals surface area contributed by atoms with Gasteiger partial charge in [0.15, 0.2) is 16.7 Å². The monoisotopic (exact) mass is 480 g/mol. The number of hydrogen-bond donors (Lipinski definition) is 0. The Bertz CT molecular complexity index is 1210. The number of hydrogen-bond acceptors (Lipinski definition) is 8. The lowest BCUT2D eigenvalue weighted by Crippen LogP contribution is -2.40. The summed E-state index contributed by atoms with van der Waals surface area (Å²) < 4.78 is 16.2. The van der Waals surface area contributed by atoms with Gasteiger partial charge in [0.25, 0.3) is 0 Å². The Hall–Kier alpha value is -3.59. The number of aliphatic imine (C=N–C) groups is 1. The maximum atomic E-state index is 13.3. The highest BCUT2D eigenvalue weighted by atomic mass is 32.2. The number of amides is 1. The highest BCUT2D eigenvalue weighted by Gasteiger charge is 2.46. The molecule has 0 spiro atoms. The molecule has 2 heterocycles. The number of amidine groups is 1. The number of fused-ring (bicyclic) bond motifs is 1. The Morgan fingerprint density at radius 2 is 1.85 bits per heavy atom. The lowest BCUT2D eigenvalue weighted by atomic mass is 9.94. The Morgan fingerprint density at radius 3 is 2.53 bits per heavy atom. The summed E-state index contributed by atoms with van der Waals surface area (Å²) in [5.41, 5.74) is 2.20. The number of carbonyl (C=O) groups is 3. The van der Waals surface area contributed by atoms with Crippen molar-refractivity contribution in [3.63, 3.8) is 0 Å². The molecule has 4 rings (SSSR count). The molecule has 2 aliphatic heterocycles. The van der Waals surface area contributed by atoms with Crippen molar-refractivity contribution in [2.24, 2.45) is 4.99 Å². The summed E-state index contributed by atoms with van der Waals surface area (Å²) in [6, 6.07) is 13.5. The van der Waals surface area contributed by atoms with Gasteiger partial charge in [0.1, 0.15) is 6.61 Å². The fourth-order valence-electron chi connectivity index (χ4n) is 3.87. The lowest BCUT2D eigenvalue weighted by Gasteiger charge is -2.33. The van der Waals surface area contributed by atoms with Gasteiger partial charge in [0, 0.05) is 6.92 Å². The third-order valence-corrected chi connectivity index (χ3v) is 6.50. The van der Waals surface area contributed by atoms with Gasteiger partial charge < -0.3 is 14.2 Å². The second kappa shape index (κ2) is 9.72. The van der Waals surface area contributed by atoms with Crippen molar-refractivity contribution < 1.29 is 28.6 Å². The first-order valence-corrected chi connectivity index (χ1v) is 11.5. The van der Waals surface area contributed by atoms with E-state index in [1.54, 1.807) is 32.0 Å². The third kappa shape index (κ3) is 4.56. The number of ether oxygens (including phenoxy) is 3. The smallest absolute Gasteiger partial charge is 0.338 e. The zero-order valence-corrected chi connectivity index (χ0v) is 20.0. The molecule has 1 saturated heterocycles. The first-order chi connectivity index (χ1) is 16.3. The van der Waals surface area contributed by atoms with Crippen molar-refractivity contribution in [1.82, 2.24) is 4.90 Å². The van der Waals surface area contributed by atoms with Gasteiger partial charge in [-0.1, -0.05) is 48.2 Å². The van der Waals surface area contributed by atoms with Crippen LogP contribution in [0.25, 0.3) is 0 Å². The summed E-state index contributed by atoms with van der Waals surface area (Å²) in [4.78, 5) is 43.9. The first kappa shape index (κ1) is 23.6. The Morgan fingerprint density at radius 1 is 1.12 bits per heavy atom. The van der Waals surface area contributed by atoms with Crippen LogP contribution in [0.4, 0.5) is 0 Å². The summed E-state index contributed by atoms with van der Waals surface area (Å²) in [6.45, 7) is 4.92. The predicted molar refractivity (Wildman–Crippen MR) is 127 cm³/mol. The molecule has 2 atom stereocenters. The van der Waals surface area contributed by atoms with Crippen LogP contribution in [0, 0.1) is 0 Å². The number of thioether (sulfide) groups is 1. The third-order valence-electron chi connectivity index (χ3n) is 5.45. The summed E-state index contributed by atoms with van der Waals surface area (Å²) >= 11 is 1.34. The lowest BCUT2D eigenvalue weighted by molar-refractivity contribution is -0.141. The van der Waals surface area contributed by atoms with Crippen LogP contribution in [0.2, 0.25) is 0 Å². The molecule has 0 aliphatic carbocycles. The van der Waals surface area contributed by atoms with Gasteiger partial charge in [-0.05, 0) is 37.1 Å². The van der Waals surface area contributed by atoms with Gasteiger partial charge in [-0.3, -0.25) is 14.5 Å². The van der Waals surface area contributed by atoms with E-state index < -0.39 is 18.0 Å². The van der Waals surface area contributed by atoms with Crippen molar-refractivity contribution in [1.29, 1.82) is 0 Å². The average molecular weight is 481 g/mol. The Balaban J connectivity index is 1.74.